The van der Waals surface area contributed by atoms with Gasteiger partial charge in [-0.3, -0.25) is 4.79 Å². The molecule has 3 rings (SSSR count). The molecule has 126 valence electrons. The number of methoxy groups -OCH3 is 1. The van der Waals surface area contributed by atoms with Gasteiger partial charge in [-0.15, -0.1) is 0 Å². The number of rotatable bonds is 4. The maximum Gasteiger partial charge on any atom is 0.337 e. The molecule has 25 heavy (non-hydrogen) atoms. The highest BCUT2D eigenvalue weighted by Crippen LogP contribution is 2.18. The van der Waals surface area contributed by atoms with Crippen LogP contribution in [0, 0.1) is 6.92 Å². The van der Waals surface area contributed by atoms with Crippen LogP contribution in [0.1, 0.15) is 26.3 Å². The Hall–Kier alpha value is -3.41. The van der Waals surface area contributed by atoms with Crippen LogP contribution >= 0.6 is 0 Å². The molecule has 0 atom stereocenters. The Kier molecular flexibility index (Phi) is 4.61. The summed E-state index contributed by atoms with van der Waals surface area (Å²) in [5.41, 5.74) is 3.28. The number of benzene rings is 2. The number of aryl methyl sites for hydroxylation is 1. The summed E-state index contributed by atoms with van der Waals surface area (Å²) < 4.78 is 6.41. The highest BCUT2D eigenvalue weighted by atomic mass is 16.5. The van der Waals surface area contributed by atoms with Gasteiger partial charge in [-0.2, -0.15) is 5.10 Å². The molecule has 1 aromatic heterocycles. The summed E-state index contributed by atoms with van der Waals surface area (Å²) in [6, 6.07) is 14.0. The third-order valence-electron chi connectivity index (χ3n) is 3.79. The molecule has 0 bridgehead atoms. The summed E-state index contributed by atoms with van der Waals surface area (Å²) in [4.78, 5) is 23.9. The quantitative estimate of drug-likeness (QED) is 0.743. The third kappa shape index (κ3) is 3.58. The number of hydrogen-bond donors (Lipinski definition) is 1. The van der Waals surface area contributed by atoms with Gasteiger partial charge in [-0.05, 0) is 61.0 Å². The van der Waals surface area contributed by atoms with Crippen LogP contribution in [0.4, 0.5) is 5.69 Å². The number of nitrogens with one attached hydrogen (secondary N) is 1. The van der Waals surface area contributed by atoms with Crippen molar-refractivity contribution >= 4 is 17.6 Å². The Morgan fingerprint density at radius 3 is 2.40 bits per heavy atom. The molecule has 1 heterocycles. The lowest BCUT2D eigenvalue weighted by molar-refractivity contribution is 0.0600. The number of hydrogen-bond acceptors (Lipinski definition) is 4. The van der Waals surface area contributed by atoms with E-state index in [4.69, 9.17) is 0 Å². The molecule has 3 aromatic rings. The lowest BCUT2D eigenvalue weighted by Crippen LogP contribution is -2.13. The lowest BCUT2D eigenvalue weighted by atomic mass is 10.1. The lowest BCUT2D eigenvalue weighted by Gasteiger charge is -2.10. The SMILES string of the molecule is COC(=O)c1ccc(NC(=O)c2ccc(-n3cccn3)cc2)c(C)c1. The van der Waals surface area contributed by atoms with E-state index in [2.05, 4.69) is 15.2 Å². The summed E-state index contributed by atoms with van der Waals surface area (Å²) in [6.45, 7) is 1.82. The van der Waals surface area contributed by atoms with Crippen LogP contribution in [-0.2, 0) is 4.74 Å². The van der Waals surface area contributed by atoms with Crippen molar-refractivity contribution in [3.63, 3.8) is 0 Å². The summed E-state index contributed by atoms with van der Waals surface area (Å²) in [5.74, 6) is -0.629. The van der Waals surface area contributed by atoms with Gasteiger partial charge in [0.2, 0.25) is 0 Å². The summed E-state index contributed by atoms with van der Waals surface area (Å²) in [6.07, 6.45) is 3.53. The van der Waals surface area contributed by atoms with E-state index in [9.17, 15) is 9.59 Å². The van der Waals surface area contributed by atoms with Crippen LogP contribution in [0.2, 0.25) is 0 Å². The Bertz CT molecular complexity index is 900. The number of carbonyl (C=O) groups excluding carboxylic acids is 2. The van der Waals surface area contributed by atoms with Gasteiger partial charge in [0.1, 0.15) is 0 Å². The zero-order chi connectivity index (χ0) is 17.8. The first-order valence-corrected chi connectivity index (χ1v) is 7.69. The van der Waals surface area contributed by atoms with Crippen molar-refractivity contribution in [2.45, 2.75) is 6.92 Å². The Morgan fingerprint density at radius 2 is 1.80 bits per heavy atom. The number of carbonyl (C=O) groups is 2. The van der Waals surface area contributed by atoms with Gasteiger partial charge in [-0.25, -0.2) is 9.48 Å². The predicted molar refractivity (Wildman–Crippen MR) is 94.0 cm³/mol. The van der Waals surface area contributed by atoms with Crippen LogP contribution in [0.15, 0.2) is 60.9 Å². The summed E-state index contributed by atoms with van der Waals surface area (Å²) >= 11 is 0. The first kappa shape index (κ1) is 16.4. The molecular weight excluding hydrogens is 318 g/mol. The zero-order valence-corrected chi connectivity index (χ0v) is 13.9. The average Bonchev–Trinajstić information content (AvgIpc) is 3.17. The molecule has 0 radical (unpaired) electrons. The molecular formula is C19H17N3O3. The summed E-state index contributed by atoms with van der Waals surface area (Å²) in [5, 5.41) is 7.00. The van der Waals surface area contributed by atoms with Gasteiger partial charge < -0.3 is 10.1 Å². The minimum atomic E-state index is -0.407. The maximum atomic E-state index is 12.4. The number of amides is 1. The number of esters is 1. The first-order chi connectivity index (χ1) is 12.1. The Morgan fingerprint density at radius 1 is 1.08 bits per heavy atom. The highest BCUT2D eigenvalue weighted by Gasteiger charge is 2.11. The molecule has 0 aliphatic carbocycles. The van der Waals surface area contributed by atoms with E-state index in [1.165, 1.54) is 7.11 Å². The zero-order valence-electron chi connectivity index (χ0n) is 13.9. The number of anilines is 1. The van der Waals surface area contributed by atoms with E-state index in [1.807, 2.05) is 31.3 Å². The molecule has 0 saturated carbocycles. The Balaban J connectivity index is 1.75. The van der Waals surface area contributed by atoms with Crippen molar-refractivity contribution in [1.29, 1.82) is 0 Å². The van der Waals surface area contributed by atoms with Crippen molar-refractivity contribution in [3.8, 4) is 5.69 Å². The molecule has 1 N–H and O–H groups in total. The van der Waals surface area contributed by atoms with E-state index in [-0.39, 0.29) is 5.91 Å². The van der Waals surface area contributed by atoms with Crippen molar-refractivity contribution in [3.05, 3.63) is 77.6 Å². The van der Waals surface area contributed by atoms with Gasteiger partial charge in [0.25, 0.3) is 5.91 Å². The van der Waals surface area contributed by atoms with Crippen molar-refractivity contribution in [1.82, 2.24) is 9.78 Å². The van der Waals surface area contributed by atoms with E-state index >= 15 is 0 Å². The van der Waals surface area contributed by atoms with Crippen molar-refractivity contribution < 1.29 is 14.3 Å². The molecule has 0 fully saturated rings. The fourth-order valence-corrected chi connectivity index (χ4v) is 2.43. The normalized spacial score (nSPS) is 10.3. The van der Waals surface area contributed by atoms with Gasteiger partial charge in [0.15, 0.2) is 0 Å². The number of nitrogens with zero attached hydrogens (tertiary/aromatic N) is 2. The molecule has 6 heteroatoms. The minimum absolute atomic E-state index is 0.221. The van der Waals surface area contributed by atoms with Crippen LogP contribution in [-0.4, -0.2) is 28.8 Å². The second-order valence-corrected chi connectivity index (χ2v) is 5.47. The first-order valence-electron chi connectivity index (χ1n) is 7.69. The fourth-order valence-electron chi connectivity index (χ4n) is 2.43. The second-order valence-electron chi connectivity index (χ2n) is 5.47. The molecule has 0 saturated heterocycles. The second kappa shape index (κ2) is 7.00. The molecule has 6 nitrogen and oxygen atoms in total. The maximum absolute atomic E-state index is 12.4. The molecule has 0 aliphatic heterocycles. The smallest absolute Gasteiger partial charge is 0.337 e. The van der Waals surface area contributed by atoms with Crippen LogP contribution in [0.3, 0.4) is 0 Å². The molecule has 0 spiro atoms. The minimum Gasteiger partial charge on any atom is -0.465 e. The van der Waals surface area contributed by atoms with Crippen LogP contribution in [0.5, 0.6) is 0 Å². The van der Waals surface area contributed by atoms with E-state index in [0.717, 1.165) is 11.3 Å². The van der Waals surface area contributed by atoms with Gasteiger partial charge >= 0.3 is 5.97 Å². The fraction of sp³-hybridized carbons (Fsp3) is 0.105. The van der Waals surface area contributed by atoms with E-state index in [0.29, 0.717) is 16.8 Å². The Labute approximate surface area is 145 Å². The summed E-state index contributed by atoms with van der Waals surface area (Å²) in [7, 11) is 1.33. The van der Waals surface area contributed by atoms with Crippen molar-refractivity contribution in [2.24, 2.45) is 0 Å². The molecule has 0 unspecified atom stereocenters. The molecule has 2 aromatic carbocycles. The number of ether oxygens (including phenoxy) is 1. The van der Waals surface area contributed by atoms with E-state index in [1.54, 1.807) is 41.2 Å². The van der Waals surface area contributed by atoms with Crippen molar-refractivity contribution in [2.75, 3.05) is 12.4 Å². The van der Waals surface area contributed by atoms with Crippen LogP contribution in [0.25, 0.3) is 5.69 Å². The van der Waals surface area contributed by atoms with Crippen LogP contribution < -0.4 is 5.32 Å². The predicted octanol–water partition coefficient (Wildman–Crippen LogP) is 3.22. The topological polar surface area (TPSA) is 73.2 Å². The van der Waals surface area contributed by atoms with E-state index < -0.39 is 5.97 Å². The largest absolute Gasteiger partial charge is 0.465 e. The molecule has 1 amide bonds. The van der Waals surface area contributed by atoms with Gasteiger partial charge in [0.05, 0.1) is 18.4 Å². The monoisotopic (exact) mass is 335 g/mol. The number of aromatic nitrogens is 2. The molecule has 0 aliphatic rings. The third-order valence-corrected chi connectivity index (χ3v) is 3.79. The average molecular weight is 335 g/mol. The van der Waals surface area contributed by atoms with Gasteiger partial charge in [0, 0.05) is 23.6 Å². The highest BCUT2D eigenvalue weighted by molar-refractivity contribution is 6.05. The van der Waals surface area contributed by atoms with Gasteiger partial charge in [-0.1, -0.05) is 0 Å². The standard InChI is InChI=1S/C19H17N3O3/c1-13-12-15(19(24)25-2)6-9-17(13)21-18(23)14-4-7-16(8-5-14)22-11-3-10-20-22/h3-12H,1-2H3,(H,21,23).